The first-order valence-corrected chi connectivity index (χ1v) is 4.77. The monoisotopic (exact) mass is 157 g/mol. The molecule has 11 heavy (non-hydrogen) atoms. The summed E-state index contributed by atoms with van der Waals surface area (Å²) in [7, 11) is 0. The predicted molar refractivity (Wildman–Crippen MR) is 51.6 cm³/mol. The maximum Gasteiger partial charge on any atom is 0.0125 e. The lowest BCUT2D eigenvalue weighted by atomic mass is 9.89. The van der Waals surface area contributed by atoms with Gasteiger partial charge in [-0.05, 0) is 32.1 Å². The van der Waals surface area contributed by atoms with Gasteiger partial charge in [0.05, 0.1) is 0 Å². The molecule has 0 heterocycles. The zero-order chi connectivity index (χ0) is 8.91. The zero-order valence-corrected chi connectivity index (χ0v) is 8.48. The Morgan fingerprint density at radius 1 is 1.27 bits per heavy atom. The summed E-state index contributed by atoms with van der Waals surface area (Å²) < 4.78 is 0. The van der Waals surface area contributed by atoms with Gasteiger partial charge >= 0.3 is 0 Å². The molecule has 68 valence electrons. The van der Waals surface area contributed by atoms with Gasteiger partial charge < -0.3 is 5.73 Å². The van der Waals surface area contributed by atoms with Gasteiger partial charge in [-0.2, -0.15) is 0 Å². The third kappa shape index (κ3) is 6.36. The van der Waals surface area contributed by atoms with Crippen molar-refractivity contribution in [2.45, 2.75) is 58.9 Å². The summed E-state index contributed by atoms with van der Waals surface area (Å²) in [6.07, 6.45) is 4.77. The average molecular weight is 157 g/mol. The molecular weight excluding hydrogens is 134 g/mol. The van der Waals surface area contributed by atoms with Gasteiger partial charge in [0.25, 0.3) is 0 Å². The smallest absolute Gasteiger partial charge is 0.0125 e. The Bertz CT molecular complexity index is 95.0. The van der Waals surface area contributed by atoms with Gasteiger partial charge in [-0.15, -0.1) is 0 Å². The summed E-state index contributed by atoms with van der Waals surface area (Å²) in [5.41, 5.74) is 6.16. The largest absolute Gasteiger partial charge is 0.325 e. The van der Waals surface area contributed by atoms with Crippen LogP contribution in [0.2, 0.25) is 0 Å². The van der Waals surface area contributed by atoms with Gasteiger partial charge in [0, 0.05) is 5.54 Å². The van der Waals surface area contributed by atoms with Crippen molar-refractivity contribution in [3.05, 3.63) is 0 Å². The minimum atomic E-state index is 0.0824. The van der Waals surface area contributed by atoms with E-state index in [2.05, 4.69) is 27.7 Å². The van der Waals surface area contributed by atoms with E-state index in [0.717, 1.165) is 12.3 Å². The molecule has 0 bridgehead atoms. The average Bonchev–Trinajstić information content (AvgIpc) is 1.84. The summed E-state index contributed by atoms with van der Waals surface area (Å²) in [5, 5.41) is 0. The second-order valence-electron chi connectivity index (χ2n) is 4.34. The van der Waals surface area contributed by atoms with E-state index in [1.807, 2.05) is 0 Å². The number of nitrogens with two attached hydrogens (primary N) is 1. The SMILES string of the molecule is CCCC(C)(N)CCC(C)C. The van der Waals surface area contributed by atoms with Gasteiger partial charge in [0.2, 0.25) is 0 Å². The topological polar surface area (TPSA) is 26.0 Å². The Balaban J connectivity index is 3.54. The highest BCUT2D eigenvalue weighted by molar-refractivity contribution is 4.77. The van der Waals surface area contributed by atoms with Gasteiger partial charge in [-0.3, -0.25) is 0 Å². The van der Waals surface area contributed by atoms with Crippen LogP contribution in [0.4, 0.5) is 0 Å². The van der Waals surface area contributed by atoms with Crippen LogP contribution in [-0.4, -0.2) is 5.54 Å². The van der Waals surface area contributed by atoms with Crippen molar-refractivity contribution in [1.82, 2.24) is 0 Å². The quantitative estimate of drug-likeness (QED) is 0.652. The Morgan fingerprint density at radius 3 is 2.18 bits per heavy atom. The minimum Gasteiger partial charge on any atom is -0.325 e. The van der Waals surface area contributed by atoms with Gasteiger partial charge in [-0.25, -0.2) is 0 Å². The molecule has 1 unspecified atom stereocenters. The summed E-state index contributed by atoms with van der Waals surface area (Å²) in [4.78, 5) is 0. The Kier molecular flexibility index (Phi) is 4.74. The van der Waals surface area contributed by atoms with Gasteiger partial charge in [-0.1, -0.05) is 27.2 Å². The maximum atomic E-state index is 6.08. The van der Waals surface area contributed by atoms with E-state index in [1.54, 1.807) is 0 Å². The first-order valence-electron chi connectivity index (χ1n) is 4.77. The number of hydrogen-bond acceptors (Lipinski definition) is 1. The van der Waals surface area contributed by atoms with Crippen LogP contribution in [0.3, 0.4) is 0 Å². The van der Waals surface area contributed by atoms with Crippen LogP contribution in [0.25, 0.3) is 0 Å². The highest BCUT2D eigenvalue weighted by Crippen LogP contribution is 2.18. The molecule has 0 aliphatic rings. The third-order valence-electron chi connectivity index (χ3n) is 2.11. The molecule has 0 saturated heterocycles. The third-order valence-corrected chi connectivity index (χ3v) is 2.11. The molecule has 1 nitrogen and oxygen atoms in total. The summed E-state index contributed by atoms with van der Waals surface area (Å²) in [5.74, 6) is 0.787. The van der Waals surface area contributed by atoms with Crippen molar-refractivity contribution < 1.29 is 0 Å². The van der Waals surface area contributed by atoms with Crippen molar-refractivity contribution in [2.75, 3.05) is 0 Å². The van der Waals surface area contributed by atoms with Crippen LogP contribution in [0.1, 0.15) is 53.4 Å². The molecule has 1 atom stereocenters. The lowest BCUT2D eigenvalue weighted by Crippen LogP contribution is -2.36. The van der Waals surface area contributed by atoms with Crippen LogP contribution in [0.5, 0.6) is 0 Å². The van der Waals surface area contributed by atoms with E-state index in [0.29, 0.717) is 0 Å². The van der Waals surface area contributed by atoms with Crippen LogP contribution in [0.15, 0.2) is 0 Å². The second kappa shape index (κ2) is 4.76. The van der Waals surface area contributed by atoms with Crippen molar-refractivity contribution in [3.63, 3.8) is 0 Å². The van der Waals surface area contributed by atoms with Crippen molar-refractivity contribution in [1.29, 1.82) is 0 Å². The van der Waals surface area contributed by atoms with Crippen LogP contribution in [-0.2, 0) is 0 Å². The second-order valence-corrected chi connectivity index (χ2v) is 4.34. The highest BCUT2D eigenvalue weighted by Gasteiger charge is 2.16. The molecule has 0 radical (unpaired) electrons. The van der Waals surface area contributed by atoms with E-state index in [4.69, 9.17) is 5.73 Å². The van der Waals surface area contributed by atoms with E-state index < -0.39 is 0 Å². The van der Waals surface area contributed by atoms with E-state index in [9.17, 15) is 0 Å². The fourth-order valence-corrected chi connectivity index (χ4v) is 1.31. The van der Waals surface area contributed by atoms with Crippen molar-refractivity contribution in [2.24, 2.45) is 11.7 Å². The first kappa shape index (κ1) is 11.0. The van der Waals surface area contributed by atoms with Crippen LogP contribution < -0.4 is 5.73 Å². The lowest BCUT2D eigenvalue weighted by molar-refractivity contribution is 0.359. The van der Waals surface area contributed by atoms with Gasteiger partial charge in [0.1, 0.15) is 0 Å². The predicted octanol–water partition coefficient (Wildman–Crippen LogP) is 2.94. The Morgan fingerprint density at radius 2 is 1.82 bits per heavy atom. The number of hydrogen-bond donors (Lipinski definition) is 1. The maximum absolute atomic E-state index is 6.08. The molecule has 0 aliphatic heterocycles. The molecule has 1 heteroatoms. The molecule has 2 N–H and O–H groups in total. The molecule has 0 aliphatic carbocycles. The standard InChI is InChI=1S/C10H23N/c1-5-7-10(4,11)8-6-9(2)3/h9H,5-8,11H2,1-4H3. The van der Waals surface area contributed by atoms with Gasteiger partial charge in [0.15, 0.2) is 0 Å². The molecule has 0 saturated carbocycles. The molecule has 0 fully saturated rings. The minimum absolute atomic E-state index is 0.0824. The molecule has 0 aromatic heterocycles. The first-order chi connectivity index (χ1) is 4.98. The highest BCUT2D eigenvalue weighted by atomic mass is 14.7. The van der Waals surface area contributed by atoms with Crippen molar-refractivity contribution >= 4 is 0 Å². The molecule has 0 spiro atoms. The molecule has 0 rings (SSSR count). The summed E-state index contributed by atoms with van der Waals surface area (Å²) in [6.45, 7) is 8.86. The molecular formula is C10H23N. The van der Waals surface area contributed by atoms with E-state index in [1.165, 1.54) is 19.3 Å². The molecule has 0 aromatic carbocycles. The van der Waals surface area contributed by atoms with Crippen molar-refractivity contribution in [3.8, 4) is 0 Å². The normalized spacial score (nSPS) is 16.9. The zero-order valence-electron chi connectivity index (χ0n) is 8.48. The lowest BCUT2D eigenvalue weighted by Gasteiger charge is -2.24. The van der Waals surface area contributed by atoms with E-state index in [-0.39, 0.29) is 5.54 Å². The van der Waals surface area contributed by atoms with E-state index >= 15 is 0 Å². The number of rotatable bonds is 5. The Hall–Kier alpha value is -0.0400. The molecule has 0 amide bonds. The van der Waals surface area contributed by atoms with Crippen LogP contribution in [0, 0.1) is 5.92 Å². The fourth-order valence-electron chi connectivity index (χ4n) is 1.31. The summed E-state index contributed by atoms with van der Waals surface area (Å²) in [6, 6.07) is 0. The Labute approximate surface area is 71.4 Å². The summed E-state index contributed by atoms with van der Waals surface area (Å²) >= 11 is 0. The molecule has 0 aromatic rings. The van der Waals surface area contributed by atoms with Crippen LogP contribution >= 0.6 is 0 Å². The fraction of sp³-hybridized carbons (Fsp3) is 1.00.